The first-order valence-corrected chi connectivity index (χ1v) is 3.27. The van der Waals surface area contributed by atoms with E-state index in [9.17, 15) is 5.11 Å². The molecule has 1 fully saturated rings. The summed E-state index contributed by atoms with van der Waals surface area (Å²) in [4.78, 5) is 0. The van der Waals surface area contributed by atoms with E-state index in [2.05, 4.69) is 4.74 Å². The van der Waals surface area contributed by atoms with Gasteiger partial charge in [0.25, 0.3) is 0 Å². The van der Waals surface area contributed by atoms with Crippen molar-refractivity contribution in [3.05, 3.63) is 11.5 Å². The molecule has 0 amide bonds. The van der Waals surface area contributed by atoms with Crippen LogP contribution in [0.1, 0.15) is 25.7 Å². The van der Waals surface area contributed by atoms with Gasteiger partial charge in [-0.15, -0.1) is 0 Å². The van der Waals surface area contributed by atoms with Gasteiger partial charge in [0.15, 0.2) is 0 Å². The van der Waals surface area contributed by atoms with Gasteiger partial charge in [0, 0.05) is 0 Å². The predicted molar refractivity (Wildman–Crippen MR) is 32.5 cm³/mol. The molecule has 10 heavy (non-hydrogen) atoms. The SMILES string of the molecule is COC([O-])=C1CCCC1.[Li+]. The van der Waals surface area contributed by atoms with Crippen molar-refractivity contribution < 1.29 is 28.7 Å². The van der Waals surface area contributed by atoms with Gasteiger partial charge in [-0.2, -0.15) is 0 Å². The van der Waals surface area contributed by atoms with E-state index in [1.807, 2.05) is 0 Å². The number of rotatable bonds is 1. The Labute approximate surface area is 73.4 Å². The van der Waals surface area contributed by atoms with Crippen molar-refractivity contribution >= 4 is 0 Å². The molecule has 1 rings (SSSR count). The minimum Gasteiger partial charge on any atom is -0.617 e. The Morgan fingerprint density at radius 2 is 1.90 bits per heavy atom. The van der Waals surface area contributed by atoms with Gasteiger partial charge in [0.2, 0.25) is 0 Å². The fraction of sp³-hybridized carbons (Fsp3) is 0.714. The standard InChI is InChI=1S/C7H12O2.Li/c1-9-7(8)6-4-2-3-5-6;/h8H,2-5H2,1H3;/q;+1/p-1. The van der Waals surface area contributed by atoms with Gasteiger partial charge in [-0.05, 0) is 38.4 Å². The molecule has 2 nitrogen and oxygen atoms in total. The van der Waals surface area contributed by atoms with Crippen LogP contribution in [0.4, 0.5) is 0 Å². The Hall–Kier alpha value is -0.0626. The van der Waals surface area contributed by atoms with Crippen molar-refractivity contribution in [2.45, 2.75) is 25.7 Å². The van der Waals surface area contributed by atoms with Crippen molar-refractivity contribution in [2.24, 2.45) is 0 Å². The fourth-order valence-corrected chi connectivity index (χ4v) is 1.15. The Balaban J connectivity index is 0.000000810. The zero-order chi connectivity index (χ0) is 6.69. The number of hydrogen-bond donors (Lipinski definition) is 0. The zero-order valence-corrected chi connectivity index (χ0v) is 6.64. The van der Waals surface area contributed by atoms with Crippen LogP contribution in [0, 0.1) is 0 Å². The molecule has 0 radical (unpaired) electrons. The number of hydrogen-bond acceptors (Lipinski definition) is 2. The zero-order valence-electron chi connectivity index (χ0n) is 6.64. The van der Waals surface area contributed by atoms with Gasteiger partial charge >= 0.3 is 18.9 Å². The van der Waals surface area contributed by atoms with Crippen LogP contribution in [0.25, 0.3) is 0 Å². The molecule has 0 unspecified atom stereocenters. The average Bonchev–Trinajstić information content (AvgIpc) is 2.37. The van der Waals surface area contributed by atoms with Crippen LogP contribution in [0.15, 0.2) is 11.5 Å². The Bertz CT molecular complexity index is 124. The van der Waals surface area contributed by atoms with Crippen molar-refractivity contribution in [3.63, 3.8) is 0 Å². The minimum atomic E-state index is -0.104. The van der Waals surface area contributed by atoms with Gasteiger partial charge in [-0.25, -0.2) is 0 Å². The molecule has 0 N–H and O–H groups in total. The largest absolute Gasteiger partial charge is 1.00 e. The summed E-state index contributed by atoms with van der Waals surface area (Å²) >= 11 is 0. The van der Waals surface area contributed by atoms with E-state index < -0.39 is 0 Å². The van der Waals surface area contributed by atoms with Crippen molar-refractivity contribution in [1.29, 1.82) is 0 Å². The Morgan fingerprint density at radius 3 is 2.30 bits per heavy atom. The normalized spacial score (nSPS) is 16.3. The molecule has 0 spiro atoms. The summed E-state index contributed by atoms with van der Waals surface area (Å²) in [5.74, 6) is -0.104. The monoisotopic (exact) mass is 134 g/mol. The second kappa shape index (κ2) is 4.71. The van der Waals surface area contributed by atoms with Crippen LogP contribution < -0.4 is 24.0 Å². The Kier molecular flexibility index (Phi) is 4.68. The molecule has 3 heteroatoms. The van der Waals surface area contributed by atoms with Crippen molar-refractivity contribution in [3.8, 4) is 0 Å². The molecular weight excluding hydrogens is 123 g/mol. The fourth-order valence-electron chi connectivity index (χ4n) is 1.15. The molecule has 0 bridgehead atoms. The van der Waals surface area contributed by atoms with E-state index in [0.29, 0.717) is 0 Å². The topological polar surface area (TPSA) is 32.3 Å². The van der Waals surface area contributed by atoms with E-state index in [4.69, 9.17) is 0 Å². The molecule has 0 saturated heterocycles. The van der Waals surface area contributed by atoms with E-state index >= 15 is 0 Å². The van der Waals surface area contributed by atoms with Crippen LogP contribution in [-0.4, -0.2) is 7.11 Å². The van der Waals surface area contributed by atoms with Crippen molar-refractivity contribution in [2.75, 3.05) is 7.11 Å². The first kappa shape index (κ1) is 9.94. The second-order valence-corrected chi connectivity index (χ2v) is 2.30. The van der Waals surface area contributed by atoms with Crippen LogP contribution in [0.3, 0.4) is 0 Å². The summed E-state index contributed by atoms with van der Waals surface area (Å²) in [6, 6.07) is 0. The molecule has 0 aromatic carbocycles. The molecule has 0 aromatic rings. The van der Waals surface area contributed by atoms with Gasteiger partial charge in [0.05, 0.1) is 5.95 Å². The number of methoxy groups -OCH3 is 1. The molecule has 0 heterocycles. The maximum Gasteiger partial charge on any atom is 1.00 e. The molecular formula is C7H11LiO2. The first-order valence-electron chi connectivity index (χ1n) is 3.27. The molecule has 1 saturated carbocycles. The summed E-state index contributed by atoms with van der Waals surface area (Å²) in [7, 11) is 1.44. The van der Waals surface area contributed by atoms with Crippen LogP contribution in [0.2, 0.25) is 0 Å². The first-order chi connectivity index (χ1) is 4.34. The molecule has 1 aliphatic rings. The summed E-state index contributed by atoms with van der Waals surface area (Å²) in [5, 5.41) is 10.8. The average molecular weight is 134 g/mol. The van der Waals surface area contributed by atoms with Crippen LogP contribution >= 0.6 is 0 Å². The number of ether oxygens (including phenoxy) is 1. The minimum absolute atomic E-state index is 0. The van der Waals surface area contributed by atoms with Gasteiger partial charge in [-0.1, -0.05) is 0 Å². The maximum absolute atomic E-state index is 10.8. The van der Waals surface area contributed by atoms with Crippen molar-refractivity contribution in [1.82, 2.24) is 0 Å². The third-order valence-electron chi connectivity index (χ3n) is 1.68. The summed E-state index contributed by atoms with van der Waals surface area (Å²) in [6.07, 6.45) is 4.22. The quantitative estimate of drug-likeness (QED) is 0.300. The third kappa shape index (κ3) is 2.28. The van der Waals surface area contributed by atoms with E-state index in [0.717, 1.165) is 31.3 Å². The van der Waals surface area contributed by atoms with Crippen LogP contribution in [0.5, 0.6) is 0 Å². The molecule has 1 aliphatic carbocycles. The van der Waals surface area contributed by atoms with Gasteiger partial charge < -0.3 is 9.84 Å². The summed E-state index contributed by atoms with van der Waals surface area (Å²) in [6.45, 7) is 0. The van der Waals surface area contributed by atoms with E-state index in [-0.39, 0.29) is 24.8 Å². The molecule has 52 valence electrons. The van der Waals surface area contributed by atoms with E-state index in [1.165, 1.54) is 7.11 Å². The third-order valence-corrected chi connectivity index (χ3v) is 1.68. The summed E-state index contributed by atoms with van der Waals surface area (Å²) < 4.78 is 4.56. The Morgan fingerprint density at radius 1 is 1.40 bits per heavy atom. The molecule has 0 atom stereocenters. The smallest absolute Gasteiger partial charge is 0.617 e. The number of allylic oxidation sites excluding steroid dienone is 1. The van der Waals surface area contributed by atoms with Crippen LogP contribution in [-0.2, 0) is 4.74 Å². The summed E-state index contributed by atoms with van der Waals surface area (Å²) in [5.41, 5.74) is 0.970. The molecule has 0 aromatic heterocycles. The van der Waals surface area contributed by atoms with Gasteiger partial charge in [-0.3, -0.25) is 0 Å². The maximum atomic E-state index is 10.8. The predicted octanol–water partition coefficient (Wildman–Crippen LogP) is -2.22. The molecule has 0 aliphatic heterocycles. The van der Waals surface area contributed by atoms with E-state index in [1.54, 1.807) is 0 Å². The second-order valence-electron chi connectivity index (χ2n) is 2.30. The van der Waals surface area contributed by atoms with Gasteiger partial charge in [0.1, 0.15) is 0 Å².